The monoisotopic (exact) mass is 565 g/mol. The summed E-state index contributed by atoms with van der Waals surface area (Å²) in [5.41, 5.74) is 1.46. The fourth-order valence-electron chi connectivity index (χ4n) is 4.21. The van der Waals surface area contributed by atoms with Crippen LogP contribution in [0.15, 0.2) is 47.4 Å². The second-order valence-electron chi connectivity index (χ2n) is 9.53. The molecular weight excluding hydrogens is 536 g/mol. The number of hydrogen-bond donors (Lipinski definition) is 3. The predicted molar refractivity (Wildman–Crippen MR) is 128 cm³/mol. The maximum atomic E-state index is 13.7. The van der Waals surface area contributed by atoms with Crippen LogP contribution in [0.25, 0.3) is 0 Å². The molecule has 0 bridgehead atoms. The van der Waals surface area contributed by atoms with Crippen LogP contribution in [0.1, 0.15) is 61.4 Å². The first-order chi connectivity index (χ1) is 17.6. The number of benzene rings is 2. The Morgan fingerprint density at radius 2 is 1.76 bits per heavy atom. The number of alkyl halides is 6. The average molecular weight is 566 g/mol. The molecule has 0 fully saturated rings. The van der Waals surface area contributed by atoms with Gasteiger partial charge in [-0.2, -0.15) is 31.1 Å². The first-order valence-electron chi connectivity index (χ1n) is 12.0. The molecule has 1 amide bonds. The van der Waals surface area contributed by atoms with Crippen molar-refractivity contribution in [2.45, 2.75) is 81.4 Å². The number of fused-ring (bicyclic) bond motifs is 1. The number of hydrogen-bond acceptors (Lipinski definition) is 4. The van der Waals surface area contributed by atoms with Crippen LogP contribution in [0.2, 0.25) is 0 Å². The van der Waals surface area contributed by atoms with Gasteiger partial charge in [0.05, 0.1) is 22.9 Å². The fourth-order valence-corrected chi connectivity index (χ4v) is 5.47. The third-order valence-corrected chi connectivity index (χ3v) is 7.59. The van der Waals surface area contributed by atoms with Crippen molar-refractivity contribution >= 4 is 15.9 Å². The molecule has 0 heterocycles. The minimum absolute atomic E-state index is 0.236. The molecule has 3 N–H and O–H groups in total. The largest absolute Gasteiger partial charge is 0.416 e. The summed E-state index contributed by atoms with van der Waals surface area (Å²) in [5.74, 6) is -1.04. The highest BCUT2D eigenvalue weighted by molar-refractivity contribution is 7.89. The van der Waals surface area contributed by atoms with E-state index in [1.807, 2.05) is 32.0 Å². The zero-order chi connectivity index (χ0) is 28.3. The highest BCUT2D eigenvalue weighted by Gasteiger charge is 2.44. The second-order valence-corrected chi connectivity index (χ2v) is 11.2. The Kier molecular flexibility index (Phi) is 9.15. The lowest BCUT2D eigenvalue weighted by Crippen LogP contribution is -2.48. The van der Waals surface area contributed by atoms with Crippen molar-refractivity contribution in [2.75, 3.05) is 0 Å². The van der Waals surface area contributed by atoms with E-state index in [4.69, 9.17) is 0 Å². The smallest absolute Gasteiger partial charge is 0.349 e. The minimum atomic E-state index is -5.17. The second kappa shape index (κ2) is 11.6. The summed E-state index contributed by atoms with van der Waals surface area (Å²) in [5, 5.41) is 5.86. The highest BCUT2D eigenvalue weighted by Crippen LogP contribution is 2.33. The number of rotatable bonds is 9. The molecule has 38 heavy (non-hydrogen) atoms. The van der Waals surface area contributed by atoms with Crippen molar-refractivity contribution in [3.05, 3.63) is 64.7 Å². The number of carbonyl (C=O) groups is 1. The molecule has 0 unspecified atom stereocenters. The summed E-state index contributed by atoms with van der Waals surface area (Å²) in [6, 6.07) is 4.94. The molecule has 0 saturated carbocycles. The van der Waals surface area contributed by atoms with Gasteiger partial charge in [0.15, 0.2) is 0 Å². The molecule has 0 spiro atoms. The quantitative estimate of drug-likeness (QED) is 0.374. The molecule has 1 aliphatic carbocycles. The van der Waals surface area contributed by atoms with Crippen molar-refractivity contribution in [1.82, 2.24) is 15.4 Å². The van der Waals surface area contributed by atoms with Crippen LogP contribution >= 0.6 is 0 Å². The molecule has 3 rings (SSSR count). The maximum Gasteiger partial charge on any atom is 0.416 e. The molecule has 13 heteroatoms. The minimum Gasteiger partial charge on any atom is -0.349 e. The van der Waals surface area contributed by atoms with E-state index in [9.17, 15) is 39.6 Å². The number of nitrogens with one attached hydrogen (secondary N) is 3. The van der Waals surface area contributed by atoms with E-state index >= 15 is 0 Å². The highest BCUT2D eigenvalue weighted by atomic mass is 32.2. The van der Waals surface area contributed by atoms with Crippen LogP contribution in [0.3, 0.4) is 0 Å². The summed E-state index contributed by atoms with van der Waals surface area (Å²) in [7, 11) is -5.03. The molecule has 1 aliphatic rings. The molecule has 2 atom stereocenters. The van der Waals surface area contributed by atoms with Crippen molar-refractivity contribution in [1.29, 1.82) is 0 Å². The SMILES string of the molecule is CC(C)NCc1ccc2c(c1)CCC[C@H]2NC(=O)C[C@H](NS(=O)(=O)c1cccc(C(F)(F)F)c1)C(F)(F)F. The summed E-state index contributed by atoms with van der Waals surface area (Å²) in [6.07, 6.45) is -9.40. The lowest BCUT2D eigenvalue weighted by molar-refractivity contribution is -0.158. The van der Waals surface area contributed by atoms with E-state index in [0.717, 1.165) is 35.2 Å². The van der Waals surface area contributed by atoms with Gasteiger partial charge in [0, 0.05) is 12.6 Å². The predicted octanol–water partition coefficient (Wildman–Crippen LogP) is 5.00. The van der Waals surface area contributed by atoms with Crippen LogP contribution in [0, 0.1) is 0 Å². The Balaban J connectivity index is 1.73. The number of halogens is 6. The van der Waals surface area contributed by atoms with Gasteiger partial charge in [-0.3, -0.25) is 4.79 Å². The molecule has 0 aliphatic heterocycles. The van der Waals surface area contributed by atoms with Crippen LogP contribution in [-0.2, 0) is 34.0 Å². The normalized spacial score (nSPS) is 17.2. The van der Waals surface area contributed by atoms with Gasteiger partial charge in [-0.1, -0.05) is 38.1 Å². The Morgan fingerprint density at radius 1 is 1.05 bits per heavy atom. The topological polar surface area (TPSA) is 87.3 Å². The van der Waals surface area contributed by atoms with E-state index in [2.05, 4.69) is 10.6 Å². The summed E-state index contributed by atoms with van der Waals surface area (Å²) in [4.78, 5) is 11.6. The average Bonchev–Trinajstić information content (AvgIpc) is 2.81. The Bertz CT molecular complexity index is 1250. The van der Waals surface area contributed by atoms with Crippen molar-refractivity contribution in [2.24, 2.45) is 0 Å². The van der Waals surface area contributed by atoms with Crippen molar-refractivity contribution in [3.8, 4) is 0 Å². The number of aryl methyl sites for hydroxylation is 1. The number of carbonyl (C=O) groups excluding carboxylic acids is 1. The van der Waals surface area contributed by atoms with Gasteiger partial charge in [0.2, 0.25) is 15.9 Å². The third-order valence-electron chi connectivity index (χ3n) is 6.13. The van der Waals surface area contributed by atoms with Crippen molar-refractivity contribution in [3.63, 3.8) is 0 Å². The van der Waals surface area contributed by atoms with E-state index in [1.54, 1.807) is 0 Å². The molecule has 0 radical (unpaired) electrons. The number of amides is 1. The van der Waals surface area contributed by atoms with Crippen LogP contribution in [0.4, 0.5) is 26.3 Å². The third kappa shape index (κ3) is 7.93. The molecule has 6 nitrogen and oxygen atoms in total. The van der Waals surface area contributed by atoms with Gasteiger partial charge >= 0.3 is 12.4 Å². The standard InChI is InChI=1S/C25H29F6N3O3S/c1-15(2)32-14-16-9-10-20-17(11-16)5-3-8-21(20)33-23(35)13-22(25(29,30)31)34-38(36,37)19-7-4-6-18(12-19)24(26,27)28/h4,6-7,9-12,15,21-22,32,34H,3,5,8,13-14H2,1-2H3,(H,33,35)/t21-,22+/m1/s1. The van der Waals surface area contributed by atoms with E-state index in [1.165, 1.54) is 4.72 Å². The Labute approximate surface area is 217 Å². The Hall–Kier alpha value is -2.64. The lowest BCUT2D eigenvalue weighted by atomic mass is 9.86. The first kappa shape index (κ1) is 29.9. The van der Waals surface area contributed by atoms with E-state index in [0.29, 0.717) is 25.5 Å². The summed E-state index contributed by atoms with van der Waals surface area (Å²) < 4.78 is 106. The zero-order valence-electron chi connectivity index (χ0n) is 20.7. The molecule has 210 valence electrons. The molecule has 2 aromatic rings. The van der Waals surface area contributed by atoms with Gasteiger partial charge in [0.1, 0.15) is 6.04 Å². The number of sulfonamides is 1. The van der Waals surface area contributed by atoms with Crippen LogP contribution in [0.5, 0.6) is 0 Å². The van der Waals surface area contributed by atoms with Crippen molar-refractivity contribution < 1.29 is 39.6 Å². The van der Waals surface area contributed by atoms with Crippen LogP contribution in [-0.4, -0.2) is 32.6 Å². The van der Waals surface area contributed by atoms with Crippen LogP contribution < -0.4 is 15.4 Å². The summed E-state index contributed by atoms with van der Waals surface area (Å²) >= 11 is 0. The van der Waals surface area contributed by atoms with E-state index in [-0.39, 0.29) is 12.1 Å². The zero-order valence-corrected chi connectivity index (χ0v) is 21.5. The lowest BCUT2D eigenvalue weighted by Gasteiger charge is -2.28. The van der Waals surface area contributed by atoms with Gasteiger partial charge in [0.25, 0.3) is 0 Å². The van der Waals surface area contributed by atoms with Gasteiger partial charge < -0.3 is 10.6 Å². The maximum absolute atomic E-state index is 13.7. The summed E-state index contributed by atoms with van der Waals surface area (Å²) in [6.45, 7) is 4.66. The van der Waals surface area contributed by atoms with Gasteiger partial charge in [-0.05, 0) is 54.2 Å². The molecule has 0 saturated heterocycles. The fraction of sp³-hybridized carbons (Fsp3) is 0.480. The molecular formula is C25H29F6N3O3S. The molecule has 0 aromatic heterocycles. The van der Waals surface area contributed by atoms with Gasteiger partial charge in [-0.15, -0.1) is 0 Å². The first-order valence-corrected chi connectivity index (χ1v) is 13.5. The Morgan fingerprint density at radius 3 is 2.39 bits per heavy atom. The molecule has 2 aromatic carbocycles. The van der Waals surface area contributed by atoms with Gasteiger partial charge in [-0.25, -0.2) is 8.42 Å². The van der Waals surface area contributed by atoms with E-state index < -0.39 is 57.2 Å².